The van der Waals surface area contributed by atoms with E-state index in [1.54, 1.807) is 0 Å². The van der Waals surface area contributed by atoms with E-state index in [4.69, 9.17) is 11.5 Å². The number of anilines is 2. The SMILES string of the molecule is Nc1cccc(N)c1P. The van der Waals surface area contributed by atoms with Gasteiger partial charge in [0.05, 0.1) is 0 Å². The molecule has 48 valence electrons. The zero-order chi connectivity index (χ0) is 6.85. The number of nitrogen functional groups attached to an aromatic ring is 2. The maximum Gasteiger partial charge on any atom is 0.0407 e. The lowest BCUT2D eigenvalue weighted by Crippen LogP contribution is -2.06. The Labute approximate surface area is 56.4 Å². The Bertz CT molecular complexity index is 202. The van der Waals surface area contributed by atoms with Crippen molar-refractivity contribution in [3.63, 3.8) is 0 Å². The molecule has 0 amide bonds. The first-order chi connectivity index (χ1) is 4.22. The van der Waals surface area contributed by atoms with Gasteiger partial charge in [0.1, 0.15) is 0 Å². The number of hydrogen-bond donors (Lipinski definition) is 2. The fourth-order valence-electron chi connectivity index (χ4n) is 0.602. The summed E-state index contributed by atoms with van der Waals surface area (Å²) in [5.41, 5.74) is 12.5. The Kier molecular flexibility index (Phi) is 1.58. The van der Waals surface area contributed by atoms with E-state index in [0.29, 0.717) is 0 Å². The van der Waals surface area contributed by atoms with Gasteiger partial charge in [-0.1, -0.05) is 6.07 Å². The number of hydrogen-bond acceptors (Lipinski definition) is 2. The number of benzene rings is 1. The van der Waals surface area contributed by atoms with Crippen molar-refractivity contribution in [2.75, 3.05) is 11.5 Å². The number of rotatable bonds is 0. The van der Waals surface area contributed by atoms with E-state index < -0.39 is 0 Å². The highest BCUT2D eigenvalue weighted by atomic mass is 31.0. The van der Waals surface area contributed by atoms with Crippen LogP contribution in [0, 0.1) is 0 Å². The van der Waals surface area contributed by atoms with Crippen LogP contribution in [0.5, 0.6) is 0 Å². The molecule has 0 saturated carbocycles. The minimum absolute atomic E-state index is 0.722. The largest absolute Gasteiger partial charge is 0.398 e. The molecule has 1 atom stereocenters. The van der Waals surface area contributed by atoms with Gasteiger partial charge < -0.3 is 11.5 Å². The molecule has 0 aliphatic rings. The average molecular weight is 140 g/mol. The number of nitrogens with two attached hydrogens (primary N) is 2. The Morgan fingerprint density at radius 2 is 1.56 bits per heavy atom. The summed E-state index contributed by atoms with van der Waals surface area (Å²) in [4.78, 5) is 0. The van der Waals surface area contributed by atoms with Crippen LogP contribution in [0.1, 0.15) is 0 Å². The van der Waals surface area contributed by atoms with E-state index in [2.05, 4.69) is 9.24 Å². The van der Waals surface area contributed by atoms with E-state index in [-0.39, 0.29) is 0 Å². The van der Waals surface area contributed by atoms with Crippen LogP contribution in [0.15, 0.2) is 18.2 Å². The zero-order valence-corrected chi connectivity index (χ0v) is 6.12. The molecule has 0 saturated heterocycles. The summed E-state index contributed by atoms with van der Waals surface area (Å²) in [5.74, 6) is 0. The molecule has 9 heavy (non-hydrogen) atoms. The lowest BCUT2D eigenvalue weighted by atomic mass is 10.3. The van der Waals surface area contributed by atoms with Crippen molar-refractivity contribution >= 4 is 25.9 Å². The molecule has 0 fully saturated rings. The highest BCUT2D eigenvalue weighted by Crippen LogP contribution is 2.08. The molecule has 0 bridgehead atoms. The summed E-state index contributed by atoms with van der Waals surface area (Å²) >= 11 is 0. The van der Waals surface area contributed by atoms with Crippen molar-refractivity contribution < 1.29 is 0 Å². The lowest BCUT2D eigenvalue weighted by molar-refractivity contribution is 1.72. The van der Waals surface area contributed by atoms with Crippen LogP contribution < -0.4 is 16.8 Å². The molecule has 0 aromatic heterocycles. The molecule has 0 heterocycles. The third-order valence-corrected chi connectivity index (χ3v) is 1.84. The Hall–Kier alpha value is -0.750. The minimum Gasteiger partial charge on any atom is -0.398 e. The summed E-state index contributed by atoms with van der Waals surface area (Å²) in [7, 11) is 2.49. The molecular formula is C6H9N2P. The van der Waals surface area contributed by atoms with Gasteiger partial charge in [-0.25, -0.2) is 0 Å². The molecule has 4 N–H and O–H groups in total. The van der Waals surface area contributed by atoms with Crippen molar-refractivity contribution in [1.29, 1.82) is 0 Å². The lowest BCUT2D eigenvalue weighted by Gasteiger charge is -2.00. The van der Waals surface area contributed by atoms with E-state index in [0.717, 1.165) is 16.7 Å². The Morgan fingerprint density at radius 3 is 1.89 bits per heavy atom. The van der Waals surface area contributed by atoms with Crippen LogP contribution in [0.2, 0.25) is 0 Å². The molecule has 1 rings (SSSR count). The molecular weight excluding hydrogens is 131 g/mol. The van der Waals surface area contributed by atoms with Crippen LogP contribution >= 0.6 is 9.24 Å². The predicted molar refractivity (Wildman–Crippen MR) is 44.6 cm³/mol. The first kappa shape index (κ1) is 6.37. The first-order valence-electron chi connectivity index (χ1n) is 2.61. The quantitative estimate of drug-likeness (QED) is 0.403. The summed E-state index contributed by atoms with van der Waals surface area (Å²) < 4.78 is 0. The molecule has 1 unspecified atom stereocenters. The molecule has 1 aromatic carbocycles. The van der Waals surface area contributed by atoms with Crippen molar-refractivity contribution in [1.82, 2.24) is 0 Å². The fourth-order valence-corrected chi connectivity index (χ4v) is 0.794. The molecule has 0 aliphatic carbocycles. The maximum absolute atomic E-state index is 5.52. The van der Waals surface area contributed by atoms with Crippen LogP contribution in [0.25, 0.3) is 0 Å². The molecule has 0 spiro atoms. The van der Waals surface area contributed by atoms with Crippen molar-refractivity contribution in [2.24, 2.45) is 0 Å². The van der Waals surface area contributed by atoms with Crippen LogP contribution in [0.3, 0.4) is 0 Å². The van der Waals surface area contributed by atoms with Crippen LogP contribution in [-0.4, -0.2) is 0 Å². The van der Waals surface area contributed by atoms with Gasteiger partial charge in [0.15, 0.2) is 0 Å². The second kappa shape index (κ2) is 2.24. The standard InChI is InChI=1S/C6H9N2P/c7-4-2-1-3-5(8)6(4)9/h1-3H,7-9H2. The Morgan fingerprint density at radius 1 is 1.11 bits per heavy atom. The second-order valence-corrected chi connectivity index (χ2v) is 2.43. The van der Waals surface area contributed by atoms with Gasteiger partial charge in [0.25, 0.3) is 0 Å². The Balaban J connectivity index is 3.25. The third-order valence-electron chi connectivity index (χ3n) is 1.17. The molecule has 2 nitrogen and oxygen atoms in total. The summed E-state index contributed by atoms with van der Waals surface area (Å²) in [6.07, 6.45) is 0. The minimum atomic E-state index is 0.722. The first-order valence-corrected chi connectivity index (χ1v) is 3.19. The van der Waals surface area contributed by atoms with Gasteiger partial charge >= 0.3 is 0 Å². The van der Waals surface area contributed by atoms with Crippen molar-refractivity contribution in [2.45, 2.75) is 0 Å². The second-order valence-electron chi connectivity index (χ2n) is 1.85. The predicted octanol–water partition coefficient (Wildman–Crippen LogP) is 0.351. The van der Waals surface area contributed by atoms with Crippen LogP contribution in [0.4, 0.5) is 11.4 Å². The van der Waals surface area contributed by atoms with Crippen molar-refractivity contribution in [3.8, 4) is 0 Å². The third kappa shape index (κ3) is 1.14. The monoisotopic (exact) mass is 140 g/mol. The summed E-state index contributed by atoms with van der Waals surface area (Å²) in [6.45, 7) is 0. The zero-order valence-electron chi connectivity index (χ0n) is 4.96. The van der Waals surface area contributed by atoms with Gasteiger partial charge in [-0.15, -0.1) is 9.24 Å². The van der Waals surface area contributed by atoms with Crippen molar-refractivity contribution in [3.05, 3.63) is 18.2 Å². The van der Waals surface area contributed by atoms with E-state index in [1.807, 2.05) is 18.2 Å². The molecule has 0 radical (unpaired) electrons. The van der Waals surface area contributed by atoms with Gasteiger partial charge in [-0.05, 0) is 12.1 Å². The summed E-state index contributed by atoms with van der Waals surface area (Å²) in [5, 5.41) is 0.887. The summed E-state index contributed by atoms with van der Waals surface area (Å²) in [6, 6.07) is 5.47. The average Bonchev–Trinajstić information content (AvgIpc) is 1.83. The smallest absolute Gasteiger partial charge is 0.0407 e. The van der Waals surface area contributed by atoms with Gasteiger partial charge in [-0.2, -0.15) is 0 Å². The van der Waals surface area contributed by atoms with E-state index >= 15 is 0 Å². The van der Waals surface area contributed by atoms with Gasteiger partial charge in [0.2, 0.25) is 0 Å². The molecule has 0 aliphatic heterocycles. The highest BCUT2D eigenvalue weighted by molar-refractivity contribution is 7.28. The van der Waals surface area contributed by atoms with E-state index in [9.17, 15) is 0 Å². The molecule has 1 aromatic rings. The van der Waals surface area contributed by atoms with Gasteiger partial charge in [-0.3, -0.25) is 0 Å². The van der Waals surface area contributed by atoms with Gasteiger partial charge in [0, 0.05) is 16.7 Å². The maximum atomic E-state index is 5.52. The van der Waals surface area contributed by atoms with E-state index in [1.165, 1.54) is 0 Å². The topological polar surface area (TPSA) is 52.0 Å². The normalized spacial score (nSPS) is 9.44. The molecule has 3 heteroatoms. The van der Waals surface area contributed by atoms with Crippen LogP contribution in [-0.2, 0) is 0 Å². The highest BCUT2D eigenvalue weighted by Gasteiger charge is 1.93. The fraction of sp³-hybridized carbons (Fsp3) is 0.